The van der Waals surface area contributed by atoms with Crippen LogP contribution in [0.3, 0.4) is 0 Å². The minimum Gasteiger partial charge on any atom is -0.462 e. The van der Waals surface area contributed by atoms with E-state index in [0.717, 1.165) is 51.5 Å². The molecule has 8 nitrogen and oxygen atoms in total. The second kappa shape index (κ2) is 11.3. The van der Waals surface area contributed by atoms with Crippen molar-refractivity contribution in [2.24, 2.45) is 41.2 Å². The van der Waals surface area contributed by atoms with Crippen molar-refractivity contribution in [1.29, 1.82) is 0 Å². The smallest absolute Gasteiger partial charge is 0.334 e. The number of hydrogen-bond donors (Lipinski definition) is 3. The Morgan fingerprint density at radius 2 is 1.90 bits per heavy atom. The van der Waals surface area contributed by atoms with Gasteiger partial charge in [-0.2, -0.15) is 0 Å². The van der Waals surface area contributed by atoms with Crippen LogP contribution in [-0.2, 0) is 23.8 Å². The van der Waals surface area contributed by atoms with E-state index >= 15 is 0 Å². The Labute approximate surface area is 239 Å². The number of fused-ring (bicyclic) bond motifs is 3. The molecule has 0 aromatic carbocycles. The fraction of sp³-hybridized carbons (Fsp3) is 0.875. The number of aliphatic hydroxyl groups is 1. The number of esters is 2. The lowest BCUT2D eigenvalue weighted by atomic mass is 9.49. The molecule has 11 atom stereocenters. The highest BCUT2D eigenvalue weighted by Crippen LogP contribution is 2.64. The summed E-state index contributed by atoms with van der Waals surface area (Å²) < 4.78 is 19.9. The highest BCUT2D eigenvalue weighted by Gasteiger charge is 2.70. The second-order valence-electron chi connectivity index (χ2n) is 14.0. The highest BCUT2D eigenvalue weighted by atomic mass is 16.6. The zero-order valence-electron chi connectivity index (χ0n) is 24.4. The predicted octanol–water partition coefficient (Wildman–Crippen LogP) is 3.99. The fourth-order valence-corrected chi connectivity index (χ4v) is 10.1. The van der Waals surface area contributed by atoms with E-state index in [9.17, 15) is 14.7 Å². The lowest BCUT2D eigenvalue weighted by Crippen LogP contribution is -2.68. The van der Waals surface area contributed by atoms with Crippen LogP contribution in [0.25, 0.3) is 0 Å². The summed E-state index contributed by atoms with van der Waals surface area (Å²) in [6, 6.07) is 0. The molecule has 3 aliphatic carbocycles. The molecule has 3 heterocycles. The Morgan fingerprint density at radius 1 is 1.07 bits per heavy atom. The first-order valence-electron chi connectivity index (χ1n) is 16.1. The Bertz CT molecular complexity index is 994. The third-order valence-electron chi connectivity index (χ3n) is 11.9. The molecule has 11 unspecified atom stereocenters. The first-order valence-corrected chi connectivity index (χ1v) is 16.1. The van der Waals surface area contributed by atoms with Gasteiger partial charge in [-0.25, -0.2) is 4.79 Å². The van der Waals surface area contributed by atoms with E-state index < -0.39 is 11.2 Å². The van der Waals surface area contributed by atoms with Crippen molar-refractivity contribution in [3.05, 3.63) is 11.6 Å². The van der Waals surface area contributed by atoms with Gasteiger partial charge in [0.15, 0.2) is 0 Å². The van der Waals surface area contributed by atoms with Crippen LogP contribution >= 0.6 is 0 Å². The number of ether oxygens (including phenoxy) is 3. The lowest BCUT2D eigenvalue weighted by molar-refractivity contribution is -0.266. The molecule has 1 spiro atoms. The van der Waals surface area contributed by atoms with Gasteiger partial charge >= 0.3 is 11.9 Å². The van der Waals surface area contributed by atoms with Gasteiger partial charge in [0.2, 0.25) is 0 Å². The molecule has 3 saturated carbocycles. The molecule has 4 N–H and O–H groups in total. The van der Waals surface area contributed by atoms with Crippen LogP contribution in [0.2, 0.25) is 0 Å². The molecule has 224 valence electrons. The summed E-state index contributed by atoms with van der Waals surface area (Å²) in [6.45, 7) is 4.78. The Morgan fingerprint density at radius 3 is 2.65 bits per heavy atom. The van der Waals surface area contributed by atoms with Gasteiger partial charge in [0, 0.05) is 31.4 Å². The minimum absolute atomic E-state index is 0.00486. The van der Waals surface area contributed by atoms with E-state index in [1.165, 1.54) is 25.7 Å². The molecular formula is C32H50N2O6. The van der Waals surface area contributed by atoms with Crippen LogP contribution < -0.4 is 11.1 Å². The summed E-state index contributed by atoms with van der Waals surface area (Å²) in [6.07, 6.45) is 13.7. The molecule has 6 rings (SSSR count). The summed E-state index contributed by atoms with van der Waals surface area (Å²) in [5.74, 6) is 2.07. The van der Waals surface area contributed by atoms with Crippen molar-refractivity contribution in [3.8, 4) is 0 Å². The van der Waals surface area contributed by atoms with Gasteiger partial charge in [0.1, 0.15) is 17.3 Å². The first-order chi connectivity index (χ1) is 19.3. The van der Waals surface area contributed by atoms with Crippen molar-refractivity contribution in [2.45, 2.75) is 127 Å². The maximum Gasteiger partial charge on any atom is 0.334 e. The predicted molar refractivity (Wildman–Crippen MR) is 150 cm³/mol. The van der Waals surface area contributed by atoms with Gasteiger partial charge < -0.3 is 30.4 Å². The van der Waals surface area contributed by atoms with Crippen molar-refractivity contribution in [3.63, 3.8) is 0 Å². The third kappa shape index (κ3) is 4.95. The molecular weight excluding hydrogens is 508 g/mol. The molecule has 0 bridgehead atoms. The van der Waals surface area contributed by atoms with Gasteiger partial charge in [-0.15, -0.1) is 0 Å². The molecule has 0 aromatic rings. The number of rotatable bonds is 5. The number of aliphatic hydroxyl groups excluding tert-OH is 1. The number of carbonyl (C=O) groups excluding carboxylic acids is 2. The van der Waals surface area contributed by atoms with E-state index in [-0.39, 0.29) is 42.8 Å². The van der Waals surface area contributed by atoms with Crippen LogP contribution in [-0.4, -0.2) is 59.8 Å². The van der Waals surface area contributed by atoms with Crippen LogP contribution in [0.5, 0.6) is 0 Å². The quantitative estimate of drug-likeness (QED) is 0.342. The number of nitrogens with one attached hydrogen (secondary N) is 1. The molecule has 0 aromatic heterocycles. The number of nitrogens with two attached hydrogens (primary N) is 1. The van der Waals surface area contributed by atoms with Crippen LogP contribution in [0.1, 0.15) is 97.3 Å². The highest BCUT2D eigenvalue weighted by molar-refractivity contribution is 5.88. The van der Waals surface area contributed by atoms with E-state index in [2.05, 4.69) is 12.2 Å². The Balaban J connectivity index is 1.39. The van der Waals surface area contributed by atoms with Crippen LogP contribution in [0.15, 0.2) is 11.6 Å². The van der Waals surface area contributed by atoms with Crippen LogP contribution in [0.4, 0.5) is 0 Å². The van der Waals surface area contributed by atoms with E-state index in [0.29, 0.717) is 48.0 Å². The van der Waals surface area contributed by atoms with Crippen molar-refractivity contribution < 1.29 is 28.9 Å². The normalized spacial score (nSPS) is 47.1. The van der Waals surface area contributed by atoms with Crippen molar-refractivity contribution >= 4 is 11.9 Å². The van der Waals surface area contributed by atoms with Crippen molar-refractivity contribution in [2.75, 3.05) is 13.2 Å². The number of allylic oxidation sites excluding steroid dienone is 1. The summed E-state index contributed by atoms with van der Waals surface area (Å²) in [4.78, 5) is 25.8. The monoisotopic (exact) mass is 558 g/mol. The Kier molecular flexibility index (Phi) is 8.09. The first kappa shape index (κ1) is 28.6. The topological polar surface area (TPSA) is 120 Å². The van der Waals surface area contributed by atoms with E-state index in [1.54, 1.807) is 6.08 Å². The molecule has 3 saturated heterocycles. The average Bonchev–Trinajstić information content (AvgIpc) is 3.31. The maximum atomic E-state index is 13.7. The molecule has 3 aliphatic heterocycles. The zero-order chi connectivity index (χ0) is 28.1. The summed E-state index contributed by atoms with van der Waals surface area (Å²) >= 11 is 0. The van der Waals surface area contributed by atoms with Crippen molar-refractivity contribution in [1.82, 2.24) is 5.32 Å². The third-order valence-corrected chi connectivity index (χ3v) is 11.9. The SMILES string of the molecule is CC=C(CCO)C(=O)OC1(C)CC2CCCCC2C(C2CCC(N)NC2)C12CC1CC3CCC(=O)OC3CC1O2. The average molecular weight is 559 g/mol. The molecule has 0 amide bonds. The Hall–Kier alpha value is -1.48. The standard InChI is InChI=1S/C32H50N2O6/c1-3-19(12-13-35)30(37)40-31(2)16-21-6-4-5-7-24(21)29(22-8-10-27(33)34-18-22)32(31)17-23-14-20-9-11-28(36)38-25(20)15-26(23)39-32/h3,20-27,29,34-35H,4-18,33H2,1-2H3. The van der Waals surface area contributed by atoms with Gasteiger partial charge in [-0.3, -0.25) is 4.79 Å². The largest absolute Gasteiger partial charge is 0.462 e. The van der Waals surface area contributed by atoms with E-state index in [4.69, 9.17) is 19.9 Å². The van der Waals surface area contributed by atoms with Gasteiger partial charge in [-0.1, -0.05) is 25.3 Å². The van der Waals surface area contributed by atoms with E-state index in [1.807, 2.05) is 6.92 Å². The second-order valence-corrected chi connectivity index (χ2v) is 14.0. The number of hydrogen-bond acceptors (Lipinski definition) is 8. The van der Waals surface area contributed by atoms with Gasteiger partial charge in [0.25, 0.3) is 0 Å². The van der Waals surface area contributed by atoms with Gasteiger partial charge in [-0.05, 0) is 101 Å². The number of piperidine rings is 1. The zero-order valence-corrected chi connectivity index (χ0v) is 24.4. The fourth-order valence-electron chi connectivity index (χ4n) is 10.1. The maximum absolute atomic E-state index is 13.7. The molecule has 40 heavy (non-hydrogen) atoms. The lowest BCUT2D eigenvalue weighted by Gasteiger charge is -2.61. The molecule has 8 heteroatoms. The minimum atomic E-state index is -0.782. The molecule has 0 radical (unpaired) electrons. The summed E-state index contributed by atoms with van der Waals surface area (Å²) in [5, 5.41) is 13.2. The summed E-state index contributed by atoms with van der Waals surface area (Å²) in [7, 11) is 0. The molecule has 6 fully saturated rings. The van der Waals surface area contributed by atoms with Gasteiger partial charge in [0.05, 0.1) is 12.3 Å². The molecule has 6 aliphatic rings. The van der Waals surface area contributed by atoms with Crippen LogP contribution in [0, 0.1) is 35.5 Å². The summed E-state index contributed by atoms with van der Waals surface area (Å²) in [5.41, 5.74) is 5.44. The number of carbonyl (C=O) groups is 2.